The predicted molar refractivity (Wildman–Crippen MR) is 103 cm³/mol. The van der Waals surface area contributed by atoms with E-state index in [2.05, 4.69) is 11.8 Å². The second-order valence-electron chi connectivity index (χ2n) is 6.43. The van der Waals surface area contributed by atoms with Gasteiger partial charge < -0.3 is 14.5 Å². The number of hydrogen-bond donors (Lipinski definition) is 0. The number of carbonyl (C=O) groups excluding carboxylic acids is 1. The molecule has 7 nitrogen and oxygen atoms in total. The average Bonchev–Trinajstić information content (AvgIpc) is 2.72. The van der Waals surface area contributed by atoms with Crippen LogP contribution < -0.4 is 9.64 Å². The number of carbonyl (C=O) groups is 1. The van der Waals surface area contributed by atoms with E-state index in [1.54, 1.807) is 17.0 Å². The number of benzene rings is 2. The lowest BCUT2D eigenvalue weighted by Crippen LogP contribution is -2.50. The molecule has 7 heteroatoms. The van der Waals surface area contributed by atoms with Crippen LogP contribution in [0.1, 0.15) is 12.5 Å². The number of aryl methyl sites for hydroxylation is 1. The Balaban J connectivity index is 1.49. The van der Waals surface area contributed by atoms with E-state index in [1.807, 2.05) is 24.3 Å². The Bertz CT molecular complexity index is 799. The normalized spacial score (nSPS) is 14.1. The molecule has 27 heavy (non-hydrogen) atoms. The summed E-state index contributed by atoms with van der Waals surface area (Å²) < 4.78 is 5.64. The van der Waals surface area contributed by atoms with E-state index in [1.165, 1.54) is 17.7 Å². The van der Waals surface area contributed by atoms with Crippen LogP contribution in [-0.2, 0) is 11.2 Å². The van der Waals surface area contributed by atoms with Gasteiger partial charge >= 0.3 is 0 Å². The van der Waals surface area contributed by atoms with Crippen LogP contribution in [0.25, 0.3) is 0 Å². The van der Waals surface area contributed by atoms with E-state index in [0.717, 1.165) is 12.1 Å². The van der Waals surface area contributed by atoms with Crippen molar-refractivity contribution in [3.63, 3.8) is 0 Å². The van der Waals surface area contributed by atoms with Gasteiger partial charge in [-0.05, 0) is 36.2 Å². The standard InChI is InChI=1S/C20H23N3O4/c1-2-16-4-3-5-19(14-16)27-15-20(24)22-12-10-21(11-13-22)17-6-8-18(9-7-17)23(25)26/h3-9,14H,2,10-13,15H2,1H3. The van der Waals surface area contributed by atoms with Crippen LogP contribution in [0.5, 0.6) is 5.75 Å². The Morgan fingerprint density at radius 1 is 1.11 bits per heavy atom. The highest BCUT2D eigenvalue weighted by Crippen LogP contribution is 2.21. The molecule has 1 saturated heterocycles. The molecule has 1 aliphatic heterocycles. The number of amides is 1. The molecule has 3 rings (SSSR count). The van der Waals surface area contributed by atoms with Crippen LogP contribution in [0, 0.1) is 10.1 Å². The largest absolute Gasteiger partial charge is 0.484 e. The third kappa shape index (κ3) is 4.75. The maximum Gasteiger partial charge on any atom is 0.269 e. The van der Waals surface area contributed by atoms with Crippen molar-refractivity contribution in [2.24, 2.45) is 0 Å². The zero-order chi connectivity index (χ0) is 19.2. The quantitative estimate of drug-likeness (QED) is 0.578. The van der Waals surface area contributed by atoms with Gasteiger partial charge in [0.25, 0.3) is 11.6 Å². The van der Waals surface area contributed by atoms with Gasteiger partial charge in [-0.2, -0.15) is 0 Å². The van der Waals surface area contributed by atoms with E-state index in [-0.39, 0.29) is 18.2 Å². The van der Waals surface area contributed by atoms with Crippen LogP contribution in [0.4, 0.5) is 11.4 Å². The molecule has 1 heterocycles. The van der Waals surface area contributed by atoms with Crippen molar-refractivity contribution >= 4 is 17.3 Å². The van der Waals surface area contributed by atoms with Gasteiger partial charge in [0, 0.05) is 44.0 Å². The van der Waals surface area contributed by atoms with E-state index < -0.39 is 4.92 Å². The first kappa shape index (κ1) is 18.7. The van der Waals surface area contributed by atoms with Crippen molar-refractivity contribution in [1.82, 2.24) is 4.90 Å². The molecule has 0 radical (unpaired) electrons. The molecular formula is C20H23N3O4. The topological polar surface area (TPSA) is 75.9 Å². The highest BCUT2D eigenvalue weighted by atomic mass is 16.6. The SMILES string of the molecule is CCc1cccc(OCC(=O)N2CCN(c3ccc([N+](=O)[O-])cc3)CC2)c1. The molecule has 142 valence electrons. The molecule has 1 amide bonds. The molecule has 1 aliphatic rings. The minimum atomic E-state index is -0.406. The molecule has 0 saturated carbocycles. The maximum absolute atomic E-state index is 12.4. The molecule has 0 aromatic heterocycles. The van der Waals surface area contributed by atoms with E-state index in [0.29, 0.717) is 31.9 Å². The van der Waals surface area contributed by atoms with Gasteiger partial charge in [-0.15, -0.1) is 0 Å². The summed E-state index contributed by atoms with van der Waals surface area (Å²) in [5, 5.41) is 10.7. The summed E-state index contributed by atoms with van der Waals surface area (Å²) in [5.41, 5.74) is 2.19. The van der Waals surface area contributed by atoms with Gasteiger partial charge in [-0.1, -0.05) is 19.1 Å². The van der Waals surface area contributed by atoms with Crippen molar-refractivity contribution in [3.05, 3.63) is 64.2 Å². The number of nitro groups is 1. The second kappa shape index (κ2) is 8.53. The van der Waals surface area contributed by atoms with Gasteiger partial charge in [0.15, 0.2) is 6.61 Å². The molecule has 0 aliphatic carbocycles. The Hall–Kier alpha value is -3.09. The number of piperazine rings is 1. The monoisotopic (exact) mass is 369 g/mol. The fourth-order valence-electron chi connectivity index (χ4n) is 3.09. The molecule has 0 unspecified atom stereocenters. The number of anilines is 1. The van der Waals surface area contributed by atoms with Crippen molar-refractivity contribution in [2.75, 3.05) is 37.7 Å². The first-order chi connectivity index (χ1) is 13.1. The molecule has 0 atom stereocenters. The average molecular weight is 369 g/mol. The van der Waals surface area contributed by atoms with E-state index >= 15 is 0 Å². The first-order valence-corrected chi connectivity index (χ1v) is 9.05. The fourth-order valence-corrected chi connectivity index (χ4v) is 3.09. The fraction of sp³-hybridized carbons (Fsp3) is 0.350. The lowest BCUT2D eigenvalue weighted by Gasteiger charge is -2.36. The zero-order valence-corrected chi connectivity index (χ0v) is 15.3. The third-order valence-corrected chi connectivity index (χ3v) is 4.73. The number of ether oxygens (including phenoxy) is 1. The minimum absolute atomic E-state index is 0.0275. The van der Waals surface area contributed by atoms with Gasteiger partial charge in [0.1, 0.15) is 5.75 Å². The molecule has 2 aromatic rings. The zero-order valence-electron chi connectivity index (χ0n) is 15.3. The van der Waals surface area contributed by atoms with Gasteiger partial charge in [-0.3, -0.25) is 14.9 Å². The summed E-state index contributed by atoms with van der Waals surface area (Å²) in [6, 6.07) is 14.3. The summed E-state index contributed by atoms with van der Waals surface area (Å²) in [4.78, 5) is 26.7. The number of hydrogen-bond acceptors (Lipinski definition) is 5. The van der Waals surface area contributed by atoms with E-state index in [9.17, 15) is 14.9 Å². The van der Waals surface area contributed by atoms with Crippen LogP contribution in [0.15, 0.2) is 48.5 Å². The Morgan fingerprint density at radius 2 is 1.81 bits per heavy atom. The molecule has 0 bridgehead atoms. The molecule has 1 fully saturated rings. The van der Waals surface area contributed by atoms with Crippen molar-refractivity contribution in [3.8, 4) is 5.75 Å². The smallest absolute Gasteiger partial charge is 0.269 e. The Labute approximate surface area is 158 Å². The van der Waals surface area contributed by atoms with Crippen molar-refractivity contribution < 1.29 is 14.5 Å². The van der Waals surface area contributed by atoms with Gasteiger partial charge in [0.2, 0.25) is 0 Å². The number of non-ortho nitro benzene ring substituents is 1. The second-order valence-corrected chi connectivity index (χ2v) is 6.43. The van der Waals surface area contributed by atoms with Gasteiger partial charge in [0.05, 0.1) is 4.92 Å². The van der Waals surface area contributed by atoms with Crippen LogP contribution in [0.3, 0.4) is 0 Å². The summed E-state index contributed by atoms with van der Waals surface area (Å²) >= 11 is 0. The molecule has 0 N–H and O–H groups in total. The van der Waals surface area contributed by atoms with Crippen molar-refractivity contribution in [2.45, 2.75) is 13.3 Å². The van der Waals surface area contributed by atoms with Gasteiger partial charge in [-0.25, -0.2) is 0 Å². The van der Waals surface area contributed by atoms with E-state index in [4.69, 9.17) is 4.74 Å². The lowest BCUT2D eigenvalue weighted by molar-refractivity contribution is -0.384. The number of rotatable bonds is 6. The third-order valence-electron chi connectivity index (χ3n) is 4.73. The van der Waals surface area contributed by atoms with Crippen LogP contribution in [-0.4, -0.2) is 48.5 Å². The molecule has 2 aromatic carbocycles. The highest BCUT2D eigenvalue weighted by molar-refractivity contribution is 5.78. The lowest BCUT2D eigenvalue weighted by atomic mass is 10.2. The minimum Gasteiger partial charge on any atom is -0.484 e. The van der Waals surface area contributed by atoms with Crippen LogP contribution in [0.2, 0.25) is 0 Å². The summed E-state index contributed by atoms with van der Waals surface area (Å²) in [7, 11) is 0. The summed E-state index contributed by atoms with van der Waals surface area (Å²) in [6.45, 7) is 4.70. The number of nitro benzene ring substituents is 1. The van der Waals surface area contributed by atoms with Crippen LogP contribution >= 0.6 is 0 Å². The Kier molecular flexibility index (Phi) is 5.90. The Morgan fingerprint density at radius 3 is 2.44 bits per heavy atom. The highest BCUT2D eigenvalue weighted by Gasteiger charge is 2.22. The predicted octanol–water partition coefficient (Wildman–Crippen LogP) is 2.88. The molecular weight excluding hydrogens is 346 g/mol. The maximum atomic E-state index is 12.4. The van der Waals surface area contributed by atoms with Crippen molar-refractivity contribution in [1.29, 1.82) is 0 Å². The molecule has 0 spiro atoms. The summed E-state index contributed by atoms with van der Waals surface area (Å²) in [6.07, 6.45) is 0.926. The first-order valence-electron chi connectivity index (χ1n) is 9.05. The summed E-state index contributed by atoms with van der Waals surface area (Å²) in [5.74, 6) is 0.687. The number of nitrogens with zero attached hydrogens (tertiary/aromatic N) is 3.